The van der Waals surface area contributed by atoms with Gasteiger partial charge in [0, 0.05) is 45.7 Å². The second-order valence-corrected chi connectivity index (χ2v) is 11.5. The number of aryl methyl sites for hydroxylation is 1. The minimum Gasteiger partial charge on any atom is -0.382 e. The molecular formula is C32H41N3O5S. The third-order valence-corrected chi connectivity index (χ3v) is 8.19. The van der Waals surface area contributed by atoms with Gasteiger partial charge in [0.2, 0.25) is 21.8 Å². The standard InChI is InChI=1S/C32H41N3O5S/c1-3-34-41(38,39)29-19-16-26(17-20-29)18-21-31(36)35(25-28-14-9-6-10-15-28)30(24-27-12-7-5-8-13-27)32(37)33-22-11-23-40-4-2/h5-10,12-17,19-20,30,34H,3-4,11,18,21-25H2,1-2H3,(H,33,37). The Morgan fingerprint density at radius 3 is 2.10 bits per heavy atom. The molecule has 0 aliphatic rings. The van der Waals surface area contributed by atoms with E-state index in [0.29, 0.717) is 52.1 Å². The maximum Gasteiger partial charge on any atom is 0.243 e. The lowest BCUT2D eigenvalue weighted by molar-refractivity contribution is -0.141. The summed E-state index contributed by atoms with van der Waals surface area (Å²) in [6.07, 6.45) is 1.66. The summed E-state index contributed by atoms with van der Waals surface area (Å²) >= 11 is 0. The van der Waals surface area contributed by atoms with Crippen LogP contribution in [0.5, 0.6) is 0 Å². The number of carbonyl (C=O) groups excluding carboxylic acids is 2. The maximum atomic E-state index is 13.8. The Kier molecular flexibility index (Phi) is 13.0. The van der Waals surface area contributed by atoms with Crippen LogP contribution in [0, 0.1) is 0 Å². The molecule has 0 saturated carbocycles. The molecule has 0 fully saturated rings. The van der Waals surface area contributed by atoms with Crippen molar-refractivity contribution in [1.29, 1.82) is 0 Å². The summed E-state index contributed by atoms with van der Waals surface area (Å²) in [6, 6.07) is 25.2. The molecule has 3 rings (SSSR count). The van der Waals surface area contributed by atoms with Crippen LogP contribution in [0.2, 0.25) is 0 Å². The van der Waals surface area contributed by atoms with Crippen molar-refractivity contribution < 1.29 is 22.7 Å². The first kappa shape index (κ1) is 32.0. The Morgan fingerprint density at radius 1 is 0.854 bits per heavy atom. The SMILES string of the molecule is CCNS(=O)(=O)c1ccc(CCC(=O)N(Cc2ccccc2)C(Cc2ccccc2)C(=O)NCCCOCC)cc1. The molecule has 0 aliphatic heterocycles. The second-order valence-electron chi connectivity index (χ2n) is 9.70. The third kappa shape index (κ3) is 10.4. The normalized spacial score (nSPS) is 12.0. The Labute approximate surface area is 244 Å². The zero-order chi connectivity index (χ0) is 29.5. The Balaban J connectivity index is 1.81. The number of nitrogens with one attached hydrogen (secondary N) is 2. The van der Waals surface area contributed by atoms with Gasteiger partial charge in [-0.05, 0) is 48.6 Å². The molecule has 0 aromatic heterocycles. The summed E-state index contributed by atoms with van der Waals surface area (Å²) < 4.78 is 32.4. The lowest BCUT2D eigenvalue weighted by Crippen LogP contribution is -2.50. The van der Waals surface area contributed by atoms with E-state index in [4.69, 9.17) is 4.74 Å². The van der Waals surface area contributed by atoms with Gasteiger partial charge in [-0.25, -0.2) is 13.1 Å². The molecular weight excluding hydrogens is 538 g/mol. The van der Waals surface area contributed by atoms with Gasteiger partial charge in [-0.1, -0.05) is 79.7 Å². The Bertz CT molecular complexity index is 1320. The van der Waals surface area contributed by atoms with Gasteiger partial charge in [0.1, 0.15) is 6.04 Å². The van der Waals surface area contributed by atoms with Gasteiger partial charge in [-0.2, -0.15) is 0 Å². The zero-order valence-electron chi connectivity index (χ0n) is 23.9. The second kappa shape index (κ2) is 16.7. The van der Waals surface area contributed by atoms with E-state index >= 15 is 0 Å². The summed E-state index contributed by atoms with van der Waals surface area (Å²) in [5.41, 5.74) is 2.74. The van der Waals surface area contributed by atoms with Crippen LogP contribution in [-0.4, -0.2) is 57.5 Å². The van der Waals surface area contributed by atoms with Gasteiger partial charge in [0.15, 0.2) is 0 Å². The zero-order valence-corrected chi connectivity index (χ0v) is 24.7. The molecule has 0 spiro atoms. The van der Waals surface area contributed by atoms with Crippen LogP contribution in [0.1, 0.15) is 43.4 Å². The summed E-state index contributed by atoms with van der Waals surface area (Å²) in [4.78, 5) is 29.2. The van der Waals surface area contributed by atoms with E-state index in [-0.39, 0.29) is 23.1 Å². The number of hydrogen-bond donors (Lipinski definition) is 2. The molecule has 220 valence electrons. The molecule has 3 aromatic rings. The Hall–Kier alpha value is -3.53. The molecule has 8 nitrogen and oxygen atoms in total. The minimum absolute atomic E-state index is 0.149. The number of rotatable bonds is 17. The lowest BCUT2D eigenvalue weighted by Gasteiger charge is -2.31. The van der Waals surface area contributed by atoms with E-state index in [9.17, 15) is 18.0 Å². The van der Waals surface area contributed by atoms with Crippen molar-refractivity contribution >= 4 is 21.8 Å². The predicted molar refractivity (Wildman–Crippen MR) is 161 cm³/mol. The Morgan fingerprint density at radius 2 is 1.49 bits per heavy atom. The number of benzene rings is 3. The van der Waals surface area contributed by atoms with Crippen LogP contribution < -0.4 is 10.0 Å². The summed E-state index contributed by atoms with van der Waals surface area (Å²) in [6.45, 7) is 5.90. The molecule has 3 aromatic carbocycles. The fourth-order valence-corrected chi connectivity index (χ4v) is 5.53. The first-order chi connectivity index (χ1) is 19.8. The molecule has 0 radical (unpaired) electrons. The fourth-order valence-electron chi connectivity index (χ4n) is 4.49. The predicted octanol–water partition coefficient (Wildman–Crippen LogP) is 4.10. The van der Waals surface area contributed by atoms with Crippen molar-refractivity contribution in [1.82, 2.24) is 14.9 Å². The van der Waals surface area contributed by atoms with Crippen molar-refractivity contribution in [2.75, 3.05) is 26.3 Å². The first-order valence-electron chi connectivity index (χ1n) is 14.2. The topological polar surface area (TPSA) is 105 Å². The van der Waals surface area contributed by atoms with Crippen LogP contribution in [0.15, 0.2) is 89.8 Å². The number of amides is 2. The molecule has 0 bridgehead atoms. The third-order valence-electron chi connectivity index (χ3n) is 6.63. The highest BCUT2D eigenvalue weighted by molar-refractivity contribution is 7.89. The van der Waals surface area contributed by atoms with Crippen LogP contribution in [0.4, 0.5) is 0 Å². The molecule has 1 unspecified atom stereocenters. The van der Waals surface area contributed by atoms with Crippen LogP contribution in [0.25, 0.3) is 0 Å². The minimum atomic E-state index is -3.55. The van der Waals surface area contributed by atoms with Crippen molar-refractivity contribution in [3.8, 4) is 0 Å². The number of carbonyl (C=O) groups is 2. The van der Waals surface area contributed by atoms with Gasteiger partial charge in [-0.3, -0.25) is 9.59 Å². The van der Waals surface area contributed by atoms with E-state index < -0.39 is 16.1 Å². The molecule has 2 N–H and O–H groups in total. The molecule has 2 amide bonds. The van der Waals surface area contributed by atoms with Crippen LogP contribution >= 0.6 is 0 Å². The average Bonchev–Trinajstić information content (AvgIpc) is 2.98. The van der Waals surface area contributed by atoms with Crippen molar-refractivity contribution in [3.63, 3.8) is 0 Å². The van der Waals surface area contributed by atoms with Crippen LogP contribution in [-0.2, 0) is 43.7 Å². The number of hydrogen-bond acceptors (Lipinski definition) is 5. The van der Waals surface area contributed by atoms with Gasteiger partial charge < -0.3 is 15.0 Å². The lowest BCUT2D eigenvalue weighted by atomic mass is 10.0. The molecule has 41 heavy (non-hydrogen) atoms. The molecule has 0 heterocycles. The van der Waals surface area contributed by atoms with Crippen molar-refractivity contribution in [2.45, 2.75) is 57.0 Å². The van der Waals surface area contributed by atoms with Crippen molar-refractivity contribution in [3.05, 3.63) is 102 Å². The summed E-state index contributed by atoms with van der Waals surface area (Å²) in [5, 5.41) is 3.01. The molecule has 0 saturated heterocycles. The largest absolute Gasteiger partial charge is 0.382 e. The first-order valence-corrected chi connectivity index (χ1v) is 15.6. The van der Waals surface area contributed by atoms with Gasteiger partial charge in [-0.15, -0.1) is 0 Å². The van der Waals surface area contributed by atoms with Gasteiger partial charge in [0.05, 0.1) is 4.90 Å². The van der Waals surface area contributed by atoms with E-state index in [0.717, 1.165) is 16.7 Å². The molecule has 1 atom stereocenters. The fraction of sp³-hybridized carbons (Fsp3) is 0.375. The van der Waals surface area contributed by atoms with Crippen LogP contribution in [0.3, 0.4) is 0 Å². The van der Waals surface area contributed by atoms with E-state index in [2.05, 4.69) is 10.0 Å². The quantitative estimate of drug-likeness (QED) is 0.234. The van der Waals surface area contributed by atoms with Crippen molar-refractivity contribution in [2.24, 2.45) is 0 Å². The molecule has 0 aliphatic carbocycles. The molecule has 9 heteroatoms. The van der Waals surface area contributed by atoms with Gasteiger partial charge >= 0.3 is 0 Å². The number of sulfonamides is 1. The van der Waals surface area contributed by atoms with E-state index in [1.165, 1.54) is 0 Å². The highest BCUT2D eigenvalue weighted by Crippen LogP contribution is 2.18. The van der Waals surface area contributed by atoms with E-state index in [1.54, 1.807) is 36.1 Å². The number of nitrogens with zero attached hydrogens (tertiary/aromatic N) is 1. The highest BCUT2D eigenvalue weighted by Gasteiger charge is 2.30. The van der Waals surface area contributed by atoms with Gasteiger partial charge in [0.25, 0.3) is 0 Å². The maximum absolute atomic E-state index is 13.8. The smallest absolute Gasteiger partial charge is 0.243 e. The van der Waals surface area contributed by atoms with E-state index in [1.807, 2.05) is 67.6 Å². The monoisotopic (exact) mass is 579 g/mol. The number of ether oxygens (including phenoxy) is 1. The highest BCUT2D eigenvalue weighted by atomic mass is 32.2. The summed E-state index contributed by atoms with van der Waals surface area (Å²) in [7, 11) is -3.55. The summed E-state index contributed by atoms with van der Waals surface area (Å²) in [5.74, 6) is -0.351. The average molecular weight is 580 g/mol.